The summed E-state index contributed by atoms with van der Waals surface area (Å²) in [5.74, 6) is -0.602. The summed E-state index contributed by atoms with van der Waals surface area (Å²) in [6.07, 6.45) is 2.03. The topological polar surface area (TPSA) is 122 Å². The number of nitro groups is 1. The van der Waals surface area contributed by atoms with E-state index in [2.05, 4.69) is 10.5 Å². The summed E-state index contributed by atoms with van der Waals surface area (Å²) >= 11 is 5.81. The lowest BCUT2D eigenvalue weighted by molar-refractivity contribution is -0.385. The number of nitro benzene ring substituents is 1. The van der Waals surface area contributed by atoms with E-state index in [1.165, 1.54) is 42.5 Å². The van der Waals surface area contributed by atoms with Crippen molar-refractivity contribution in [3.8, 4) is 0 Å². The number of amides is 1. The van der Waals surface area contributed by atoms with E-state index in [1.807, 2.05) is 0 Å². The Bertz CT molecular complexity index is 1060. The molecule has 1 aliphatic heterocycles. The van der Waals surface area contributed by atoms with Gasteiger partial charge < -0.3 is 0 Å². The van der Waals surface area contributed by atoms with Gasteiger partial charge in [-0.3, -0.25) is 14.9 Å². The Morgan fingerprint density at radius 3 is 2.62 bits per heavy atom. The Morgan fingerprint density at radius 2 is 1.93 bits per heavy atom. The molecule has 1 amide bonds. The smallest absolute Gasteiger partial charge is 0.271 e. The minimum absolute atomic E-state index is 0.0463. The number of rotatable bonds is 6. The molecule has 0 spiro atoms. The molecule has 1 N–H and O–H groups in total. The average molecular weight is 437 g/mol. The number of carbonyl (C=O) groups is 1. The zero-order valence-corrected chi connectivity index (χ0v) is 16.6. The van der Waals surface area contributed by atoms with E-state index >= 15 is 0 Å². The fraction of sp³-hybridized carbons (Fsp3) is 0.222. The predicted molar refractivity (Wildman–Crippen MR) is 107 cm³/mol. The van der Waals surface area contributed by atoms with Gasteiger partial charge in [-0.25, -0.2) is 13.8 Å². The van der Waals surface area contributed by atoms with Crippen LogP contribution in [0.15, 0.2) is 58.5 Å². The van der Waals surface area contributed by atoms with Crippen molar-refractivity contribution in [1.82, 2.24) is 9.73 Å². The van der Waals surface area contributed by atoms with Crippen LogP contribution in [0.25, 0.3) is 0 Å². The van der Waals surface area contributed by atoms with Crippen molar-refractivity contribution in [2.45, 2.75) is 23.8 Å². The average Bonchev–Trinajstić information content (AvgIpc) is 3.19. The maximum absolute atomic E-state index is 12.9. The highest BCUT2D eigenvalue weighted by atomic mass is 35.5. The molecule has 2 aromatic carbocycles. The van der Waals surface area contributed by atoms with Crippen LogP contribution in [-0.2, 0) is 14.8 Å². The van der Waals surface area contributed by atoms with Gasteiger partial charge in [0, 0.05) is 17.6 Å². The predicted octanol–water partition coefficient (Wildman–Crippen LogP) is 2.55. The van der Waals surface area contributed by atoms with Crippen LogP contribution < -0.4 is 5.43 Å². The maximum Gasteiger partial charge on any atom is 0.278 e. The zero-order chi connectivity index (χ0) is 21.0. The molecule has 0 radical (unpaired) electrons. The van der Waals surface area contributed by atoms with E-state index in [9.17, 15) is 23.3 Å². The highest BCUT2D eigenvalue weighted by Crippen LogP contribution is 2.27. The lowest BCUT2D eigenvalue weighted by Gasteiger charge is -2.22. The quantitative estimate of drug-likeness (QED) is 0.423. The zero-order valence-electron chi connectivity index (χ0n) is 15.1. The first-order valence-corrected chi connectivity index (χ1v) is 10.5. The fourth-order valence-corrected chi connectivity index (χ4v) is 4.82. The van der Waals surface area contributed by atoms with Crippen molar-refractivity contribution in [1.29, 1.82) is 0 Å². The van der Waals surface area contributed by atoms with Gasteiger partial charge >= 0.3 is 0 Å². The molecule has 11 heteroatoms. The summed E-state index contributed by atoms with van der Waals surface area (Å²) in [6, 6.07) is 10.7. The van der Waals surface area contributed by atoms with Crippen LogP contribution in [0, 0.1) is 10.1 Å². The number of hydrazone groups is 1. The minimum atomic E-state index is -3.87. The number of para-hydroxylation sites is 1. The Kier molecular flexibility index (Phi) is 6.26. The SMILES string of the molecule is O=C(N/N=C\c1ccccc1[N+](=O)[O-])[C@H]1CCCN1S(=O)(=O)c1ccc(Cl)cc1. The van der Waals surface area contributed by atoms with Gasteiger partial charge in [-0.15, -0.1) is 0 Å². The van der Waals surface area contributed by atoms with E-state index in [1.54, 1.807) is 6.07 Å². The molecule has 0 aromatic heterocycles. The summed E-state index contributed by atoms with van der Waals surface area (Å²) < 4.78 is 26.9. The largest absolute Gasteiger partial charge is 0.278 e. The van der Waals surface area contributed by atoms with Gasteiger partial charge in [-0.1, -0.05) is 23.7 Å². The summed E-state index contributed by atoms with van der Waals surface area (Å²) in [4.78, 5) is 23.0. The van der Waals surface area contributed by atoms with Crippen LogP contribution in [0.1, 0.15) is 18.4 Å². The van der Waals surface area contributed by atoms with E-state index in [0.717, 1.165) is 10.5 Å². The summed E-state index contributed by atoms with van der Waals surface area (Å²) in [7, 11) is -3.87. The fourth-order valence-electron chi connectivity index (χ4n) is 3.03. The van der Waals surface area contributed by atoms with Crippen molar-refractivity contribution in [3.05, 3.63) is 69.2 Å². The van der Waals surface area contributed by atoms with Crippen LogP contribution in [0.2, 0.25) is 5.02 Å². The number of nitrogens with zero attached hydrogens (tertiary/aromatic N) is 3. The minimum Gasteiger partial charge on any atom is -0.271 e. The van der Waals surface area contributed by atoms with Gasteiger partial charge in [0.05, 0.1) is 21.6 Å². The van der Waals surface area contributed by atoms with Gasteiger partial charge in [0.2, 0.25) is 10.0 Å². The van der Waals surface area contributed by atoms with Crippen molar-refractivity contribution in [3.63, 3.8) is 0 Å². The lowest BCUT2D eigenvalue weighted by atomic mass is 10.2. The molecule has 29 heavy (non-hydrogen) atoms. The molecule has 0 aliphatic carbocycles. The van der Waals surface area contributed by atoms with E-state index < -0.39 is 26.9 Å². The van der Waals surface area contributed by atoms with Gasteiger partial charge in [0.1, 0.15) is 6.04 Å². The first kappa shape index (κ1) is 20.9. The standard InChI is InChI=1S/C18H17ClN4O5S/c19-14-7-9-15(10-8-14)29(27,28)22-11-3-6-17(22)18(24)21-20-12-13-4-1-2-5-16(13)23(25)26/h1-2,4-5,7-10,12,17H,3,6,11H2,(H,21,24)/b20-12-/t17-/m1/s1. The van der Waals surface area contributed by atoms with Crippen LogP contribution >= 0.6 is 11.6 Å². The van der Waals surface area contributed by atoms with Gasteiger partial charge in [-0.05, 0) is 43.2 Å². The molecule has 1 saturated heterocycles. The van der Waals surface area contributed by atoms with Crippen LogP contribution in [0.4, 0.5) is 5.69 Å². The summed E-state index contributed by atoms with van der Waals surface area (Å²) in [5, 5.41) is 15.2. The molecule has 0 bridgehead atoms. The molecule has 2 aromatic rings. The number of nitrogens with one attached hydrogen (secondary N) is 1. The number of hydrogen-bond acceptors (Lipinski definition) is 6. The van der Waals surface area contributed by atoms with Crippen molar-refractivity contribution in [2.24, 2.45) is 5.10 Å². The normalized spacial score (nSPS) is 17.5. The van der Waals surface area contributed by atoms with Crippen LogP contribution in [0.3, 0.4) is 0 Å². The summed E-state index contributed by atoms with van der Waals surface area (Å²) in [5.41, 5.74) is 2.35. The second-order valence-electron chi connectivity index (χ2n) is 6.28. The molecule has 1 heterocycles. The Labute approximate surface area is 172 Å². The molecule has 152 valence electrons. The van der Waals surface area contributed by atoms with E-state index in [4.69, 9.17) is 11.6 Å². The number of sulfonamides is 1. The van der Waals surface area contributed by atoms with E-state index in [-0.39, 0.29) is 22.7 Å². The third-order valence-corrected chi connectivity index (χ3v) is 6.61. The molecule has 9 nitrogen and oxygen atoms in total. The van der Waals surface area contributed by atoms with Crippen molar-refractivity contribution < 1.29 is 18.1 Å². The lowest BCUT2D eigenvalue weighted by Crippen LogP contribution is -2.44. The van der Waals surface area contributed by atoms with Crippen molar-refractivity contribution >= 4 is 39.4 Å². The molecular formula is C18H17ClN4O5S. The number of halogens is 1. The highest BCUT2D eigenvalue weighted by molar-refractivity contribution is 7.89. The second-order valence-corrected chi connectivity index (χ2v) is 8.60. The van der Waals surface area contributed by atoms with Gasteiger partial charge in [0.15, 0.2) is 0 Å². The van der Waals surface area contributed by atoms with Crippen molar-refractivity contribution in [2.75, 3.05) is 6.54 Å². The third kappa shape index (κ3) is 4.61. The number of carbonyl (C=O) groups excluding carboxylic acids is 1. The first-order valence-electron chi connectivity index (χ1n) is 8.64. The van der Waals surface area contributed by atoms with Gasteiger partial charge in [0.25, 0.3) is 11.6 Å². The van der Waals surface area contributed by atoms with Gasteiger partial charge in [-0.2, -0.15) is 9.41 Å². The molecule has 0 saturated carbocycles. The Hall–Kier alpha value is -2.82. The maximum atomic E-state index is 12.9. The molecule has 0 unspecified atom stereocenters. The second kappa shape index (κ2) is 8.68. The monoisotopic (exact) mass is 436 g/mol. The first-order chi connectivity index (χ1) is 13.8. The third-order valence-electron chi connectivity index (χ3n) is 4.44. The van der Waals surface area contributed by atoms with E-state index in [0.29, 0.717) is 17.9 Å². The highest BCUT2D eigenvalue weighted by Gasteiger charge is 2.39. The molecular weight excluding hydrogens is 420 g/mol. The molecule has 1 fully saturated rings. The van der Waals surface area contributed by atoms with Crippen LogP contribution in [0.5, 0.6) is 0 Å². The Morgan fingerprint density at radius 1 is 1.24 bits per heavy atom. The Balaban J connectivity index is 1.74. The van der Waals surface area contributed by atoms with Crippen LogP contribution in [-0.4, -0.2) is 42.4 Å². The number of hydrogen-bond donors (Lipinski definition) is 1. The number of benzene rings is 2. The molecule has 1 aliphatic rings. The summed E-state index contributed by atoms with van der Waals surface area (Å²) in [6.45, 7) is 0.205. The molecule has 3 rings (SSSR count). The molecule has 1 atom stereocenters.